The van der Waals surface area contributed by atoms with E-state index in [2.05, 4.69) is 13.8 Å². The van der Waals surface area contributed by atoms with Gasteiger partial charge < -0.3 is 14.6 Å². The Hall–Kier alpha value is -0.610. The molecule has 0 aliphatic heterocycles. The fourth-order valence-corrected chi connectivity index (χ4v) is 5.21. The van der Waals surface area contributed by atoms with Crippen LogP contribution in [0.15, 0.2) is 0 Å². The van der Waals surface area contributed by atoms with Gasteiger partial charge in [-0.1, -0.05) is 174 Å². The van der Waals surface area contributed by atoms with Crippen LogP contribution >= 0.6 is 0 Å². The number of rotatable bonds is 33. The summed E-state index contributed by atoms with van der Waals surface area (Å²) >= 11 is 0. The van der Waals surface area contributed by atoms with Crippen molar-refractivity contribution in [2.75, 3.05) is 19.8 Å². The summed E-state index contributed by atoms with van der Waals surface area (Å²) in [4.78, 5) is 11.9. The second-order valence-corrected chi connectivity index (χ2v) is 12.0. The van der Waals surface area contributed by atoms with Crippen molar-refractivity contribution < 1.29 is 19.4 Å². The Morgan fingerprint density at radius 1 is 0.487 bits per heavy atom. The molecule has 0 radical (unpaired) electrons. The van der Waals surface area contributed by atoms with Crippen LogP contribution in [-0.4, -0.2) is 37.0 Å². The largest absolute Gasteiger partial charge is 0.463 e. The molecule has 1 N–H and O–H groups in total. The number of hydrogen-bond acceptors (Lipinski definition) is 4. The zero-order chi connectivity index (χ0) is 28.5. The smallest absolute Gasteiger partial charge is 0.305 e. The minimum absolute atomic E-state index is 0.0516. The van der Waals surface area contributed by atoms with E-state index in [1.807, 2.05) is 0 Å². The SMILES string of the molecule is CCCCCCCCCCCCCCCCOC[C@@H](O)COC(=O)CCCCCCCCCCCCCCC. The van der Waals surface area contributed by atoms with Crippen LogP contribution in [0, 0.1) is 0 Å². The van der Waals surface area contributed by atoms with Crippen molar-refractivity contribution in [3.8, 4) is 0 Å². The lowest BCUT2D eigenvalue weighted by Crippen LogP contribution is -2.24. The summed E-state index contributed by atoms with van der Waals surface area (Å²) in [7, 11) is 0. The third-order valence-electron chi connectivity index (χ3n) is 7.87. The Balaban J connectivity index is 3.26. The van der Waals surface area contributed by atoms with Crippen LogP contribution in [0.3, 0.4) is 0 Å². The number of ether oxygens (including phenoxy) is 2. The number of aliphatic hydroxyl groups excluding tert-OH is 1. The van der Waals surface area contributed by atoms with E-state index in [9.17, 15) is 9.90 Å². The molecule has 0 aromatic carbocycles. The molecule has 0 bridgehead atoms. The van der Waals surface area contributed by atoms with Gasteiger partial charge in [0, 0.05) is 13.0 Å². The standard InChI is InChI=1S/C35H70O4/c1-3-5-7-9-11-13-15-17-19-21-23-25-27-29-31-38-32-34(36)33-39-35(37)30-28-26-24-22-20-18-16-14-12-10-8-6-4-2/h34,36H,3-33H2,1-2H3/t34-/m1/s1. The lowest BCUT2D eigenvalue weighted by molar-refractivity contribution is -0.147. The number of carbonyl (C=O) groups is 1. The second-order valence-electron chi connectivity index (χ2n) is 12.0. The summed E-state index contributed by atoms with van der Waals surface area (Å²) in [5.41, 5.74) is 0. The summed E-state index contributed by atoms with van der Waals surface area (Å²) in [5.74, 6) is -0.191. The van der Waals surface area contributed by atoms with Crippen molar-refractivity contribution in [3.05, 3.63) is 0 Å². The first kappa shape index (κ1) is 38.4. The van der Waals surface area contributed by atoms with E-state index in [0.29, 0.717) is 13.0 Å². The van der Waals surface area contributed by atoms with Crippen molar-refractivity contribution in [2.24, 2.45) is 0 Å². The Morgan fingerprint density at radius 3 is 1.21 bits per heavy atom. The van der Waals surface area contributed by atoms with E-state index in [1.54, 1.807) is 0 Å². The van der Waals surface area contributed by atoms with Crippen molar-refractivity contribution >= 4 is 5.97 Å². The molecule has 4 heteroatoms. The monoisotopic (exact) mass is 555 g/mol. The van der Waals surface area contributed by atoms with Crippen LogP contribution in [0.4, 0.5) is 0 Å². The molecule has 0 saturated carbocycles. The molecule has 0 aliphatic rings. The van der Waals surface area contributed by atoms with Gasteiger partial charge in [0.1, 0.15) is 12.7 Å². The van der Waals surface area contributed by atoms with Gasteiger partial charge in [0.25, 0.3) is 0 Å². The highest BCUT2D eigenvalue weighted by atomic mass is 16.5. The lowest BCUT2D eigenvalue weighted by atomic mass is 10.0. The molecule has 39 heavy (non-hydrogen) atoms. The first-order valence-corrected chi connectivity index (χ1v) is 17.6. The average Bonchev–Trinajstić information content (AvgIpc) is 2.94. The molecule has 234 valence electrons. The fourth-order valence-electron chi connectivity index (χ4n) is 5.21. The summed E-state index contributed by atoms with van der Waals surface area (Å²) in [5, 5.41) is 10.00. The second kappa shape index (κ2) is 33.6. The van der Waals surface area contributed by atoms with E-state index >= 15 is 0 Å². The van der Waals surface area contributed by atoms with Crippen LogP contribution in [0.2, 0.25) is 0 Å². The van der Waals surface area contributed by atoms with Crippen LogP contribution in [0.5, 0.6) is 0 Å². The summed E-state index contributed by atoms with van der Waals surface area (Å²) < 4.78 is 10.8. The third kappa shape index (κ3) is 33.5. The van der Waals surface area contributed by atoms with Gasteiger partial charge in [-0.3, -0.25) is 4.79 Å². The van der Waals surface area contributed by atoms with Crippen LogP contribution in [0.25, 0.3) is 0 Å². The molecular weight excluding hydrogens is 484 g/mol. The normalized spacial score (nSPS) is 12.2. The highest BCUT2D eigenvalue weighted by Crippen LogP contribution is 2.14. The minimum atomic E-state index is -0.716. The van der Waals surface area contributed by atoms with Gasteiger partial charge in [0.05, 0.1) is 6.61 Å². The minimum Gasteiger partial charge on any atom is -0.463 e. The van der Waals surface area contributed by atoms with Gasteiger partial charge in [0.15, 0.2) is 0 Å². The zero-order valence-electron chi connectivity index (χ0n) is 26.7. The zero-order valence-corrected chi connectivity index (χ0v) is 26.7. The van der Waals surface area contributed by atoms with E-state index in [0.717, 1.165) is 19.3 Å². The maximum absolute atomic E-state index is 11.9. The quantitative estimate of drug-likeness (QED) is 0.0647. The first-order chi connectivity index (χ1) is 19.2. The summed E-state index contributed by atoms with van der Waals surface area (Å²) in [6, 6.07) is 0. The maximum Gasteiger partial charge on any atom is 0.305 e. The van der Waals surface area contributed by atoms with E-state index in [-0.39, 0.29) is 19.2 Å². The molecule has 0 aromatic rings. The highest BCUT2D eigenvalue weighted by Gasteiger charge is 2.09. The Labute approximate surface area is 244 Å². The Bertz CT molecular complexity index is 468. The molecule has 0 spiro atoms. The molecule has 0 fully saturated rings. The Morgan fingerprint density at radius 2 is 0.821 bits per heavy atom. The predicted octanol–water partition coefficient (Wildman–Crippen LogP) is 10.9. The van der Waals surface area contributed by atoms with Gasteiger partial charge in [-0.15, -0.1) is 0 Å². The molecule has 0 aliphatic carbocycles. The summed E-state index contributed by atoms with van der Waals surface area (Å²) in [6.45, 7) is 5.54. The molecule has 0 aromatic heterocycles. The summed E-state index contributed by atoms with van der Waals surface area (Å²) in [6.07, 6.45) is 35.5. The fraction of sp³-hybridized carbons (Fsp3) is 0.971. The molecule has 0 saturated heterocycles. The van der Waals surface area contributed by atoms with Gasteiger partial charge in [-0.05, 0) is 12.8 Å². The predicted molar refractivity (Wildman–Crippen MR) is 168 cm³/mol. The number of hydrogen-bond donors (Lipinski definition) is 1. The van der Waals surface area contributed by atoms with Crippen molar-refractivity contribution in [3.63, 3.8) is 0 Å². The van der Waals surface area contributed by atoms with E-state index < -0.39 is 6.10 Å². The highest BCUT2D eigenvalue weighted by molar-refractivity contribution is 5.69. The van der Waals surface area contributed by atoms with Crippen molar-refractivity contribution in [2.45, 2.75) is 200 Å². The van der Waals surface area contributed by atoms with E-state index in [4.69, 9.17) is 9.47 Å². The molecule has 1 atom stereocenters. The maximum atomic E-state index is 11.9. The van der Waals surface area contributed by atoms with Crippen molar-refractivity contribution in [1.82, 2.24) is 0 Å². The number of esters is 1. The van der Waals surface area contributed by atoms with Crippen LogP contribution in [-0.2, 0) is 14.3 Å². The number of aliphatic hydroxyl groups is 1. The number of carbonyl (C=O) groups excluding carboxylic acids is 1. The molecule has 0 heterocycles. The van der Waals surface area contributed by atoms with Gasteiger partial charge in [0.2, 0.25) is 0 Å². The third-order valence-corrected chi connectivity index (χ3v) is 7.87. The van der Waals surface area contributed by atoms with Crippen LogP contribution < -0.4 is 0 Å². The van der Waals surface area contributed by atoms with Gasteiger partial charge >= 0.3 is 5.97 Å². The van der Waals surface area contributed by atoms with Gasteiger partial charge in [-0.2, -0.15) is 0 Å². The van der Waals surface area contributed by atoms with E-state index in [1.165, 1.54) is 154 Å². The lowest BCUT2D eigenvalue weighted by Gasteiger charge is -2.12. The number of unbranched alkanes of at least 4 members (excludes halogenated alkanes) is 25. The van der Waals surface area contributed by atoms with Gasteiger partial charge in [-0.25, -0.2) is 0 Å². The molecule has 0 rings (SSSR count). The average molecular weight is 555 g/mol. The topological polar surface area (TPSA) is 55.8 Å². The first-order valence-electron chi connectivity index (χ1n) is 17.6. The van der Waals surface area contributed by atoms with Crippen LogP contribution in [0.1, 0.15) is 194 Å². The molecule has 0 amide bonds. The Kier molecular flexibility index (Phi) is 33.1. The molecule has 4 nitrogen and oxygen atoms in total. The van der Waals surface area contributed by atoms with Crippen molar-refractivity contribution in [1.29, 1.82) is 0 Å². The molecule has 0 unspecified atom stereocenters. The molecular formula is C35H70O4.